The number of hydrogen-bond acceptors (Lipinski definition) is 5. The van der Waals surface area contributed by atoms with Gasteiger partial charge in [0.15, 0.2) is 5.84 Å². The second-order valence-electron chi connectivity index (χ2n) is 17.4. The molecule has 0 amide bonds. The molecule has 7 nitrogen and oxygen atoms in total. The van der Waals surface area contributed by atoms with Gasteiger partial charge in [-0.25, -0.2) is 4.39 Å². The van der Waals surface area contributed by atoms with Crippen molar-refractivity contribution in [2.45, 2.75) is 215 Å². The topological polar surface area (TPSA) is 100 Å². The molecule has 0 aromatic heterocycles. The first-order valence-electron chi connectivity index (χ1n) is 24.3. The molecule has 0 saturated carbocycles. The first-order valence-corrected chi connectivity index (χ1v) is 24.3. The molecule has 0 aliphatic heterocycles. The van der Waals surface area contributed by atoms with E-state index < -0.39 is 5.60 Å². The number of amidine groups is 1. The lowest BCUT2D eigenvalue weighted by atomic mass is 9.85. The summed E-state index contributed by atoms with van der Waals surface area (Å²) in [5.41, 5.74) is 2.39. The molecular formula is C54H92FN3O4. The Morgan fingerprint density at radius 3 is 1.69 bits per heavy atom. The van der Waals surface area contributed by atoms with E-state index >= 15 is 0 Å². The van der Waals surface area contributed by atoms with E-state index in [1.54, 1.807) is 26.6 Å². The predicted octanol–water partition coefficient (Wildman–Crippen LogP) is 15.0. The summed E-state index contributed by atoms with van der Waals surface area (Å²) in [6.07, 6.45) is 40.8. The number of nitrogens with one attached hydrogen (secondary N) is 1. The largest absolute Gasteiger partial charge is 0.483 e. The van der Waals surface area contributed by atoms with E-state index in [1.807, 2.05) is 26.8 Å². The Morgan fingerprint density at radius 2 is 1.31 bits per heavy atom. The summed E-state index contributed by atoms with van der Waals surface area (Å²) in [7, 11) is 3.34. The standard InChI is InChI=1S/C40H68O2.C13H22FN3.CH2O2/c1-7-10-11-12-13-14-15-16-17-18-19-20-21-22-23-24-25-26-39(41)36(5)33-38-29-27-37(28-30-38)32-35(4)34-40(9-3,42-6)31-8-2;1-6-7-8-16-13(15-5)12(11(4)14)17-9-10(2)3;2-1-3/h3,27-30,35-36H,7-8,10-26,31-34H2,1-2,4-6H3;7-10H,6H2,1-5H3,(H,15,16);1H,(H,2,3)/b;8-7-,12-11+,17-9?;. The Balaban J connectivity index is 0. The van der Waals surface area contributed by atoms with Gasteiger partial charge in [-0.05, 0) is 74.6 Å². The second-order valence-corrected chi connectivity index (χ2v) is 17.4. The number of hydrogen-bond donors (Lipinski definition) is 2. The van der Waals surface area contributed by atoms with Crippen molar-refractivity contribution in [2.75, 3.05) is 14.2 Å². The number of Topliss-reactive ketones (excluding diaryl/α,β-unsaturated/α-hetero) is 1. The van der Waals surface area contributed by atoms with E-state index in [-0.39, 0.29) is 29.8 Å². The molecule has 0 radical (unpaired) electrons. The Bertz CT molecular complexity index is 1410. The summed E-state index contributed by atoms with van der Waals surface area (Å²) in [4.78, 5) is 29.2. The van der Waals surface area contributed by atoms with Crippen LogP contribution in [0.15, 0.2) is 58.1 Å². The molecule has 0 bridgehead atoms. The fourth-order valence-electron chi connectivity index (χ4n) is 7.50. The van der Waals surface area contributed by atoms with Crippen LogP contribution in [0.25, 0.3) is 0 Å². The first kappa shape index (κ1) is 60.5. The van der Waals surface area contributed by atoms with E-state index in [2.05, 4.69) is 73.2 Å². The van der Waals surface area contributed by atoms with Gasteiger partial charge in [0.1, 0.15) is 22.9 Å². The summed E-state index contributed by atoms with van der Waals surface area (Å²) in [5.74, 6) is 4.25. The number of carbonyl (C=O) groups excluding carboxylic acids is 1. The third-order valence-electron chi connectivity index (χ3n) is 11.1. The van der Waals surface area contributed by atoms with E-state index in [1.165, 1.54) is 121 Å². The van der Waals surface area contributed by atoms with Crippen LogP contribution in [-0.4, -0.2) is 49.2 Å². The molecule has 0 spiro atoms. The molecule has 2 N–H and O–H groups in total. The van der Waals surface area contributed by atoms with Crippen molar-refractivity contribution in [1.82, 2.24) is 5.32 Å². The molecule has 0 aliphatic carbocycles. The molecular weight excluding hydrogens is 774 g/mol. The molecule has 3 atom stereocenters. The number of aliphatic imine (C=N–C) groups is 2. The second kappa shape index (κ2) is 41.4. The van der Waals surface area contributed by atoms with Gasteiger partial charge in [0.2, 0.25) is 0 Å². The van der Waals surface area contributed by atoms with Gasteiger partial charge in [-0.15, -0.1) is 6.42 Å². The van der Waals surface area contributed by atoms with E-state index in [0.29, 0.717) is 17.5 Å². The highest BCUT2D eigenvalue weighted by atomic mass is 19.1. The highest BCUT2D eigenvalue weighted by Crippen LogP contribution is 2.28. The van der Waals surface area contributed by atoms with Crippen molar-refractivity contribution < 1.29 is 23.8 Å². The van der Waals surface area contributed by atoms with Gasteiger partial charge in [-0.2, -0.15) is 0 Å². The summed E-state index contributed by atoms with van der Waals surface area (Å²) < 4.78 is 19.1. The summed E-state index contributed by atoms with van der Waals surface area (Å²) in [6.45, 7) is 15.9. The number of halogens is 1. The molecule has 0 fully saturated rings. The van der Waals surface area contributed by atoms with Crippen molar-refractivity contribution in [3.63, 3.8) is 0 Å². The minimum atomic E-state index is -0.448. The molecule has 0 heterocycles. The van der Waals surface area contributed by atoms with Gasteiger partial charge in [0.25, 0.3) is 6.47 Å². The van der Waals surface area contributed by atoms with Crippen molar-refractivity contribution in [3.05, 3.63) is 59.2 Å². The highest BCUT2D eigenvalue weighted by Gasteiger charge is 2.28. The van der Waals surface area contributed by atoms with Crippen LogP contribution in [0.3, 0.4) is 0 Å². The summed E-state index contributed by atoms with van der Waals surface area (Å²) >= 11 is 0. The van der Waals surface area contributed by atoms with Gasteiger partial charge in [0.05, 0.1) is 0 Å². The lowest BCUT2D eigenvalue weighted by Crippen LogP contribution is -2.32. The molecule has 1 aromatic carbocycles. The zero-order valence-corrected chi connectivity index (χ0v) is 41.3. The molecule has 3 unspecified atom stereocenters. The lowest BCUT2D eigenvalue weighted by Gasteiger charge is -2.29. The van der Waals surface area contributed by atoms with E-state index in [0.717, 1.165) is 51.4 Å². The number of terminal acetylenes is 1. The molecule has 1 rings (SSSR count). The van der Waals surface area contributed by atoms with Crippen molar-refractivity contribution in [1.29, 1.82) is 0 Å². The SMILES string of the molecule is C#CC(CCC)(CC(C)Cc1ccc(CC(C)C(=O)CCCCCCCCCCCCCCCCCCC)cc1)OC.CC/C=C\NC(=NC)/C(N=CC(C)C)=C(/C)F.O=CO. The minimum absolute atomic E-state index is 0.0998. The lowest BCUT2D eigenvalue weighted by molar-refractivity contribution is -0.123. The Kier molecular flexibility index (Phi) is 40.5. The summed E-state index contributed by atoms with van der Waals surface area (Å²) in [6, 6.07) is 8.86. The van der Waals surface area contributed by atoms with Gasteiger partial charge in [-0.3, -0.25) is 19.6 Å². The van der Waals surface area contributed by atoms with Crippen molar-refractivity contribution in [3.8, 4) is 12.3 Å². The average molecular weight is 866 g/mol. The van der Waals surface area contributed by atoms with Crippen molar-refractivity contribution >= 4 is 24.3 Å². The van der Waals surface area contributed by atoms with Crippen LogP contribution in [0.2, 0.25) is 0 Å². The molecule has 1 aromatic rings. The number of carboxylic acid groups (broad SMARTS) is 1. The van der Waals surface area contributed by atoms with Crippen LogP contribution >= 0.6 is 0 Å². The van der Waals surface area contributed by atoms with E-state index in [9.17, 15) is 9.18 Å². The number of benzene rings is 1. The molecule has 0 aliphatic rings. The quantitative estimate of drug-likeness (QED) is 0.0241. The summed E-state index contributed by atoms with van der Waals surface area (Å²) in [5, 5.41) is 9.82. The number of ketones is 1. The van der Waals surface area contributed by atoms with Crippen LogP contribution in [0.5, 0.6) is 0 Å². The monoisotopic (exact) mass is 866 g/mol. The molecule has 62 heavy (non-hydrogen) atoms. The van der Waals surface area contributed by atoms with Crippen LogP contribution in [0, 0.1) is 30.1 Å². The Morgan fingerprint density at radius 1 is 0.839 bits per heavy atom. The number of rotatable bonds is 33. The molecule has 0 saturated heterocycles. The maximum absolute atomic E-state index is 13.4. The van der Waals surface area contributed by atoms with Gasteiger partial charge in [-0.1, -0.05) is 194 Å². The van der Waals surface area contributed by atoms with Gasteiger partial charge >= 0.3 is 0 Å². The zero-order chi connectivity index (χ0) is 46.9. The number of nitrogens with zero attached hydrogens (tertiary/aromatic N) is 2. The Labute approximate surface area is 380 Å². The number of methoxy groups -OCH3 is 1. The number of allylic oxidation sites excluding steroid dienone is 2. The molecule has 8 heteroatoms. The number of ether oxygens (including phenoxy) is 1. The fourth-order valence-corrected chi connectivity index (χ4v) is 7.50. The average Bonchev–Trinajstić information content (AvgIpc) is 3.24. The maximum atomic E-state index is 13.4. The van der Waals surface area contributed by atoms with E-state index in [4.69, 9.17) is 21.1 Å². The van der Waals surface area contributed by atoms with Crippen LogP contribution < -0.4 is 5.32 Å². The van der Waals surface area contributed by atoms with Crippen molar-refractivity contribution in [2.24, 2.45) is 27.7 Å². The third-order valence-corrected chi connectivity index (χ3v) is 11.1. The number of unbranched alkanes of at least 4 members (excludes halogenated alkanes) is 16. The highest BCUT2D eigenvalue weighted by molar-refractivity contribution is 6.00. The molecule has 354 valence electrons. The predicted molar refractivity (Wildman–Crippen MR) is 266 cm³/mol. The normalized spacial score (nSPS) is 14.0. The first-order chi connectivity index (χ1) is 29.8. The van der Waals surface area contributed by atoms with Gasteiger partial charge < -0.3 is 15.2 Å². The Hall–Kier alpha value is -3.57. The minimum Gasteiger partial charge on any atom is -0.483 e. The third kappa shape index (κ3) is 33.0. The maximum Gasteiger partial charge on any atom is 0.290 e. The van der Waals surface area contributed by atoms with Gasteiger partial charge in [0, 0.05) is 32.7 Å². The van der Waals surface area contributed by atoms with Crippen LogP contribution in [-0.2, 0) is 27.2 Å². The van der Waals surface area contributed by atoms with Crippen LogP contribution in [0.4, 0.5) is 4.39 Å². The fraction of sp³-hybridized carbons (Fsp3) is 0.704. The smallest absolute Gasteiger partial charge is 0.290 e. The number of carbonyl (C=O) groups is 2. The van der Waals surface area contributed by atoms with Crippen LogP contribution in [0.1, 0.15) is 208 Å². The zero-order valence-electron chi connectivity index (χ0n) is 41.3.